The zero-order valence-electron chi connectivity index (χ0n) is 14.6. The van der Waals surface area contributed by atoms with E-state index in [0.29, 0.717) is 0 Å². The summed E-state index contributed by atoms with van der Waals surface area (Å²) in [6.45, 7) is 0. The molecule has 126 valence electrons. The number of hydrogen-bond acceptors (Lipinski definition) is 1. The summed E-state index contributed by atoms with van der Waals surface area (Å²) in [5, 5.41) is 7.46. The topological polar surface area (TPSA) is 17.8 Å². The number of aromatic nitrogens is 2. The van der Waals surface area contributed by atoms with Crippen molar-refractivity contribution >= 4 is 43.4 Å². The second-order valence-corrected chi connectivity index (χ2v) is 6.89. The Balaban J connectivity index is 1.88. The minimum Gasteiger partial charge on any atom is -0.293 e. The van der Waals surface area contributed by atoms with Crippen molar-refractivity contribution in [2.24, 2.45) is 0 Å². The second-order valence-electron chi connectivity index (χ2n) is 6.89. The fraction of sp³-hybridized carbons (Fsp3) is 0. The van der Waals surface area contributed by atoms with E-state index in [1.807, 2.05) is 6.20 Å². The molecule has 27 heavy (non-hydrogen) atoms. The maximum Gasteiger partial charge on any atom is 0.145 e. The first kappa shape index (κ1) is 14.5. The summed E-state index contributed by atoms with van der Waals surface area (Å²) in [5.74, 6) is 0.981. The number of nitrogens with zero attached hydrogens (tertiary/aromatic N) is 2. The van der Waals surface area contributed by atoms with Gasteiger partial charge < -0.3 is 0 Å². The highest BCUT2D eigenvalue weighted by Gasteiger charge is 2.16. The van der Waals surface area contributed by atoms with Gasteiger partial charge in [0.05, 0.1) is 11.0 Å². The molecule has 0 aliphatic heterocycles. The lowest BCUT2D eigenvalue weighted by Crippen LogP contribution is -1.98. The van der Waals surface area contributed by atoms with Gasteiger partial charge in [0.1, 0.15) is 5.82 Å². The summed E-state index contributed by atoms with van der Waals surface area (Å²) in [5.41, 5.74) is 2.38. The third kappa shape index (κ3) is 1.98. The van der Waals surface area contributed by atoms with E-state index < -0.39 is 0 Å². The van der Waals surface area contributed by atoms with E-state index in [1.54, 1.807) is 0 Å². The molecule has 0 N–H and O–H groups in total. The zero-order valence-corrected chi connectivity index (χ0v) is 14.6. The molecule has 2 heteroatoms. The van der Waals surface area contributed by atoms with E-state index in [1.165, 1.54) is 38.0 Å². The first-order valence-electron chi connectivity index (χ1n) is 9.17. The Hall–Kier alpha value is -3.65. The quantitative estimate of drug-likeness (QED) is 0.333. The smallest absolute Gasteiger partial charge is 0.145 e. The molecule has 6 aromatic rings. The maximum absolute atomic E-state index is 4.79. The van der Waals surface area contributed by atoms with E-state index in [-0.39, 0.29) is 0 Å². The number of hydrogen-bond donors (Lipinski definition) is 0. The van der Waals surface area contributed by atoms with Crippen LogP contribution in [0.4, 0.5) is 0 Å². The van der Waals surface area contributed by atoms with E-state index in [0.717, 1.165) is 11.2 Å². The van der Waals surface area contributed by atoms with Crippen LogP contribution >= 0.6 is 0 Å². The predicted molar refractivity (Wildman–Crippen MR) is 114 cm³/mol. The first-order chi connectivity index (χ1) is 13.4. The van der Waals surface area contributed by atoms with Crippen LogP contribution in [0.2, 0.25) is 0 Å². The standard InChI is InChI=1S/C25H16N2/c1-3-9-19-17(7-1)13-14-23-24(19)21-11-5-6-12-22(21)27(23)25-20-10-4-2-8-18(20)15-16-26-25/h1-16H. The third-order valence-electron chi connectivity index (χ3n) is 5.43. The van der Waals surface area contributed by atoms with Gasteiger partial charge in [0.15, 0.2) is 0 Å². The molecule has 0 fully saturated rings. The molecule has 0 radical (unpaired) electrons. The van der Waals surface area contributed by atoms with Crippen molar-refractivity contribution in [3.05, 3.63) is 97.2 Å². The minimum absolute atomic E-state index is 0.981. The van der Waals surface area contributed by atoms with Crippen molar-refractivity contribution in [1.29, 1.82) is 0 Å². The van der Waals surface area contributed by atoms with E-state index in [2.05, 4.69) is 95.6 Å². The van der Waals surface area contributed by atoms with Crippen LogP contribution < -0.4 is 0 Å². The highest BCUT2D eigenvalue weighted by atomic mass is 15.1. The van der Waals surface area contributed by atoms with Crippen LogP contribution in [0.5, 0.6) is 0 Å². The number of pyridine rings is 1. The Bertz CT molecular complexity index is 1470. The van der Waals surface area contributed by atoms with Crippen molar-refractivity contribution in [2.75, 3.05) is 0 Å². The molecule has 0 amide bonds. The van der Waals surface area contributed by atoms with Crippen LogP contribution in [-0.2, 0) is 0 Å². The SMILES string of the molecule is c1ccc2c(-n3c4ccccc4c4c5ccccc5ccc43)nccc2c1. The lowest BCUT2D eigenvalue weighted by atomic mass is 10.0. The lowest BCUT2D eigenvalue weighted by Gasteiger charge is -2.10. The highest BCUT2D eigenvalue weighted by molar-refractivity contribution is 6.21. The largest absolute Gasteiger partial charge is 0.293 e. The predicted octanol–water partition coefficient (Wildman–Crippen LogP) is 6.49. The number of fused-ring (bicyclic) bond motifs is 6. The van der Waals surface area contributed by atoms with Crippen molar-refractivity contribution in [1.82, 2.24) is 9.55 Å². The van der Waals surface area contributed by atoms with Crippen molar-refractivity contribution in [2.45, 2.75) is 0 Å². The Morgan fingerprint density at radius 1 is 0.519 bits per heavy atom. The normalized spacial score (nSPS) is 11.7. The Morgan fingerprint density at radius 2 is 1.19 bits per heavy atom. The minimum atomic E-state index is 0.981. The fourth-order valence-electron chi connectivity index (χ4n) is 4.25. The molecule has 2 heterocycles. The molecule has 2 nitrogen and oxygen atoms in total. The zero-order chi connectivity index (χ0) is 17.8. The molecule has 0 aliphatic rings. The van der Waals surface area contributed by atoms with Crippen molar-refractivity contribution in [3.8, 4) is 5.82 Å². The molecule has 0 bridgehead atoms. The summed E-state index contributed by atoms with van der Waals surface area (Å²) in [6.07, 6.45) is 1.90. The van der Waals surface area contributed by atoms with Crippen LogP contribution in [0.3, 0.4) is 0 Å². The van der Waals surface area contributed by atoms with Crippen LogP contribution in [0.15, 0.2) is 97.2 Å². The van der Waals surface area contributed by atoms with Gasteiger partial charge in [-0.2, -0.15) is 0 Å². The summed E-state index contributed by atoms with van der Waals surface area (Å²) < 4.78 is 2.30. The molecule has 0 saturated heterocycles. The van der Waals surface area contributed by atoms with Gasteiger partial charge in [0, 0.05) is 22.4 Å². The Labute approximate surface area is 156 Å². The molecule has 6 rings (SSSR count). The van der Waals surface area contributed by atoms with Crippen LogP contribution in [-0.4, -0.2) is 9.55 Å². The molecule has 0 saturated carbocycles. The monoisotopic (exact) mass is 344 g/mol. The van der Waals surface area contributed by atoms with Gasteiger partial charge in [-0.05, 0) is 34.4 Å². The second kappa shape index (κ2) is 5.42. The molecular formula is C25H16N2. The summed E-state index contributed by atoms with van der Waals surface area (Å²) in [4.78, 5) is 4.79. The van der Waals surface area contributed by atoms with Crippen LogP contribution in [0, 0.1) is 0 Å². The fourth-order valence-corrected chi connectivity index (χ4v) is 4.25. The van der Waals surface area contributed by atoms with Gasteiger partial charge in [-0.1, -0.05) is 72.8 Å². The molecule has 0 unspecified atom stereocenters. The summed E-state index contributed by atoms with van der Waals surface area (Å²) >= 11 is 0. The molecule has 4 aromatic carbocycles. The van der Waals surface area contributed by atoms with Gasteiger partial charge in [0.2, 0.25) is 0 Å². The maximum atomic E-state index is 4.79. The van der Waals surface area contributed by atoms with Crippen LogP contribution in [0.1, 0.15) is 0 Å². The van der Waals surface area contributed by atoms with E-state index in [9.17, 15) is 0 Å². The summed E-state index contributed by atoms with van der Waals surface area (Å²) in [6, 6.07) is 32.2. The average molecular weight is 344 g/mol. The Kier molecular flexibility index (Phi) is 2.91. The van der Waals surface area contributed by atoms with E-state index in [4.69, 9.17) is 4.98 Å². The van der Waals surface area contributed by atoms with Crippen molar-refractivity contribution < 1.29 is 0 Å². The number of benzene rings is 4. The van der Waals surface area contributed by atoms with E-state index >= 15 is 0 Å². The molecular weight excluding hydrogens is 328 g/mol. The van der Waals surface area contributed by atoms with Crippen molar-refractivity contribution in [3.63, 3.8) is 0 Å². The van der Waals surface area contributed by atoms with Gasteiger partial charge in [-0.25, -0.2) is 4.98 Å². The third-order valence-corrected chi connectivity index (χ3v) is 5.43. The molecule has 0 spiro atoms. The van der Waals surface area contributed by atoms with Gasteiger partial charge in [-0.3, -0.25) is 4.57 Å². The number of para-hydroxylation sites is 1. The molecule has 0 aliphatic carbocycles. The first-order valence-corrected chi connectivity index (χ1v) is 9.17. The average Bonchev–Trinajstić information content (AvgIpc) is 3.08. The van der Waals surface area contributed by atoms with Crippen LogP contribution in [0.25, 0.3) is 49.2 Å². The van der Waals surface area contributed by atoms with Gasteiger partial charge >= 0.3 is 0 Å². The van der Waals surface area contributed by atoms with Gasteiger partial charge in [-0.15, -0.1) is 0 Å². The lowest BCUT2D eigenvalue weighted by molar-refractivity contribution is 1.10. The Morgan fingerprint density at radius 3 is 2.04 bits per heavy atom. The number of rotatable bonds is 1. The molecule has 0 atom stereocenters. The summed E-state index contributed by atoms with van der Waals surface area (Å²) in [7, 11) is 0. The van der Waals surface area contributed by atoms with Gasteiger partial charge in [0.25, 0.3) is 0 Å². The highest BCUT2D eigenvalue weighted by Crippen LogP contribution is 2.37. The molecule has 2 aromatic heterocycles.